The van der Waals surface area contributed by atoms with Gasteiger partial charge in [0, 0.05) is 16.3 Å². The molecule has 0 spiro atoms. The van der Waals surface area contributed by atoms with E-state index in [1.165, 1.54) is 0 Å². The molecule has 0 radical (unpaired) electrons. The lowest BCUT2D eigenvalue weighted by Crippen LogP contribution is -2.27. The van der Waals surface area contributed by atoms with Crippen molar-refractivity contribution in [1.82, 2.24) is 0 Å². The summed E-state index contributed by atoms with van der Waals surface area (Å²) in [5, 5.41) is 5.36. The van der Waals surface area contributed by atoms with Gasteiger partial charge in [-0.2, -0.15) is 0 Å². The summed E-state index contributed by atoms with van der Waals surface area (Å²) in [4.78, 5) is 24.1. The van der Waals surface area contributed by atoms with Gasteiger partial charge in [-0.05, 0) is 51.3 Å². The Balaban J connectivity index is 2.01. The predicted molar refractivity (Wildman–Crippen MR) is 104 cm³/mol. The molecule has 0 fully saturated rings. The van der Waals surface area contributed by atoms with E-state index in [4.69, 9.17) is 13.9 Å². The zero-order chi connectivity index (χ0) is 19.6. The summed E-state index contributed by atoms with van der Waals surface area (Å²) >= 11 is 0. The number of amides is 1. The van der Waals surface area contributed by atoms with Gasteiger partial charge in [0.2, 0.25) is 0 Å². The van der Waals surface area contributed by atoms with Gasteiger partial charge in [-0.1, -0.05) is 12.1 Å². The van der Waals surface area contributed by atoms with Gasteiger partial charge in [-0.25, -0.2) is 4.79 Å². The van der Waals surface area contributed by atoms with Crippen LogP contribution in [0, 0.1) is 0 Å². The summed E-state index contributed by atoms with van der Waals surface area (Å²) in [6, 6.07) is 9.29. The maximum Gasteiger partial charge on any atom is 0.412 e. The number of nitrogens with one attached hydrogen (secondary N) is 1. The van der Waals surface area contributed by atoms with Crippen LogP contribution in [-0.2, 0) is 20.7 Å². The standard InChI is InChI=1S/C21H23NO5/c1-5-25-18(23)11-13-12-26-17-10-9-14-15(19(13)17)7-6-8-16(14)22-20(24)27-21(2,3)4/h6-10,12H,5,11H2,1-4H3,(H,22,24). The van der Waals surface area contributed by atoms with Gasteiger partial charge in [-0.15, -0.1) is 0 Å². The van der Waals surface area contributed by atoms with Crippen molar-refractivity contribution >= 4 is 39.5 Å². The van der Waals surface area contributed by atoms with Crippen molar-refractivity contribution in [2.24, 2.45) is 0 Å². The van der Waals surface area contributed by atoms with Crippen molar-refractivity contribution in [3.63, 3.8) is 0 Å². The minimum absolute atomic E-state index is 0.129. The van der Waals surface area contributed by atoms with Crippen molar-refractivity contribution in [1.29, 1.82) is 0 Å². The summed E-state index contributed by atoms with van der Waals surface area (Å²) in [5.41, 5.74) is 1.48. The van der Waals surface area contributed by atoms with Crippen molar-refractivity contribution in [3.8, 4) is 0 Å². The number of ether oxygens (including phenoxy) is 2. The van der Waals surface area contributed by atoms with E-state index in [0.29, 0.717) is 17.9 Å². The Hall–Kier alpha value is -3.02. The molecule has 27 heavy (non-hydrogen) atoms. The first-order chi connectivity index (χ1) is 12.8. The van der Waals surface area contributed by atoms with Crippen LogP contribution in [-0.4, -0.2) is 24.3 Å². The first kappa shape index (κ1) is 18.8. The molecule has 2 aromatic carbocycles. The molecule has 142 valence electrons. The molecule has 0 saturated heterocycles. The Morgan fingerprint density at radius 2 is 1.89 bits per heavy atom. The molecule has 0 aliphatic rings. The van der Waals surface area contributed by atoms with Crippen molar-refractivity contribution in [3.05, 3.63) is 42.2 Å². The molecule has 1 heterocycles. The van der Waals surface area contributed by atoms with Crippen LogP contribution in [0.5, 0.6) is 0 Å². The van der Waals surface area contributed by atoms with Gasteiger partial charge in [0.05, 0.1) is 25.0 Å². The summed E-state index contributed by atoms with van der Waals surface area (Å²) < 4.78 is 16.0. The highest BCUT2D eigenvalue weighted by molar-refractivity contribution is 6.13. The van der Waals surface area contributed by atoms with Crippen LogP contribution in [0.2, 0.25) is 0 Å². The Bertz CT molecular complexity index is 997. The second-order valence-electron chi connectivity index (χ2n) is 7.21. The normalized spacial score (nSPS) is 11.6. The average Bonchev–Trinajstić information content (AvgIpc) is 2.97. The fourth-order valence-corrected chi connectivity index (χ4v) is 2.98. The number of benzene rings is 2. The highest BCUT2D eigenvalue weighted by Gasteiger charge is 2.18. The zero-order valence-corrected chi connectivity index (χ0v) is 15.9. The number of rotatable bonds is 4. The van der Waals surface area contributed by atoms with Gasteiger partial charge >= 0.3 is 12.1 Å². The molecular weight excluding hydrogens is 346 g/mol. The third-order valence-corrected chi connectivity index (χ3v) is 3.95. The Morgan fingerprint density at radius 1 is 1.11 bits per heavy atom. The van der Waals surface area contributed by atoms with E-state index in [1.54, 1.807) is 13.2 Å². The van der Waals surface area contributed by atoms with Crippen LogP contribution in [0.1, 0.15) is 33.3 Å². The largest absolute Gasteiger partial charge is 0.466 e. The van der Waals surface area contributed by atoms with Crippen molar-refractivity contribution < 1.29 is 23.5 Å². The number of anilines is 1. The van der Waals surface area contributed by atoms with Gasteiger partial charge in [0.25, 0.3) is 0 Å². The lowest BCUT2D eigenvalue weighted by Gasteiger charge is -2.20. The Morgan fingerprint density at radius 3 is 2.59 bits per heavy atom. The van der Waals surface area contributed by atoms with E-state index >= 15 is 0 Å². The molecule has 1 amide bonds. The molecule has 0 saturated carbocycles. The lowest BCUT2D eigenvalue weighted by atomic mass is 10.0. The van der Waals surface area contributed by atoms with Crippen LogP contribution in [0.4, 0.5) is 10.5 Å². The molecule has 1 aromatic heterocycles. The second-order valence-corrected chi connectivity index (χ2v) is 7.21. The highest BCUT2D eigenvalue weighted by atomic mass is 16.6. The third kappa shape index (κ3) is 4.22. The van der Waals surface area contributed by atoms with Crippen LogP contribution in [0.15, 0.2) is 41.0 Å². The minimum atomic E-state index is -0.584. The first-order valence-corrected chi connectivity index (χ1v) is 8.86. The third-order valence-electron chi connectivity index (χ3n) is 3.95. The second kappa shape index (κ2) is 7.31. The minimum Gasteiger partial charge on any atom is -0.466 e. The van der Waals surface area contributed by atoms with Crippen molar-refractivity contribution in [2.75, 3.05) is 11.9 Å². The topological polar surface area (TPSA) is 77.8 Å². The van der Waals surface area contributed by atoms with Crippen LogP contribution >= 0.6 is 0 Å². The van der Waals surface area contributed by atoms with E-state index in [2.05, 4.69) is 5.32 Å². The summed E-state index contributed by atoms with van der Waals surface area (Å²) in [7, 11) is 0. The molecule has 3 rings (SSSR count). The van der Waals surface area contributed by atoms with Gasteiger partial charge in [-0.3, -0.25) is 10.1 Å². The predicted octanol–water partition coefficient (Wildman–Crippen LogP) is 5.04. The molecule has 0 aliphatic heterocycles. The fraction of sp³-hybridized carbons (Fsp3) is 0.333. The molecule has 6 heteroatoms. The number of furan rings is 1. The molecular formula is C21H23NO5. The number of fused-ring (bicyclic) bond motifs is 3. The monoisotopic (exact) mass is 369 g/mol. The molecule has 0 unspecified atom stereocenters. The summed E-state index contributed by atoms with van der Waals surface area (Å²) in [6.45, 7) is 7.54. The molecule has 1 N–H and O–H groups in total. The fourth-order valence-electron chi connectivity index (χ4n) is 2.98. The SMILES string of the molecule is CCOC(=O)Cc1coc2ccc3c(NC(=O)OC(C)(C)C)cccc3c12. The van der Waals surface area contributed by atoms with Crippen molar-refractivity contribution in [2.45, 2.75) is 39.7 Å². The molecule has 0 aliphatic carbocycles. The molecule has 0 atom stereocenters. The first-order valence-electron chi connectivity index (χ1n) is 8.86. The average molecular weight is 369 g/mol. The van der Waals surface area contributed by atoms with E-state index < -0.39 is 11.7 Å². The van der Waals surface area contributed by atoms with Crippen LogP contribution in [0.25, 0.3) is 21.7 Å². The maximum atomic E-state index is 12.2. The Kier molecular flexibility index (Phi) is 5.08. The number of carbonyl (C=O) groups excluding carboxylic acids is 2. The molecule has 6 nitrogen and oxygen atoms in total. The van der Waals surface area contributed by atoms with Gasteiger partial charge in [0.1, 0.15) is 11.2 Å². The highest BCUT2D eigenvalue weighted by Crippen LogP contribution is 2.34. The quantitative estimate of drug-likeness (QED) is 0.652. The van der Waals surface area contributed by atoms with Crippen LogP contribution in [0.3, 0.4) is 0 Å². The maximum absolute atomic E-state index is 12.2. The number of hydrogen-bond donors (Lipinski definition) is 1. The number of carbonyl (C=O) groups is 2. The zero-order valence-electron chi connectivity index (χ0n) is 15.9. The van der Waals surface area contributed by atoms with Gasteiger partial charge < -0.3 is 13.9 Å². The Labute approximate surface area is 157 Å². The number of esters is 1. The summed E-state index contributed by atoms with van der Waals surface area (Å²) in [5.74, 6) is -0.305. The van der Waals surface area contributed by atoms with Gasteiger partial charge in [0.15, 0.2) is 0 Å². The molecule has 0 bridgehead atoms. The lowest BCUT2D eigenvalue weighted by molar-refractivity contribution is -0.142. The van der Waals surface area contributed by atoms with E-state index in [0.717, 1.165) is 21.7 Å². The van der Waals surface area contributed by atoms with Crippen LogP contribution < -0.4 is 5.32 Å². The smallest absolute Gasteiger partial charge is 0.412 e. The summed E-state index contributed by atoms with van der Waals surface area (Å²) in [6.07, 6.45) is 1.19. The number of hydrogen-bond acceptors (Lipinski definition) is 5. The molecule has 3 aromatic rings. The van der Waals surface area contributed by atoms with E-state index in [-0.39, 0.29) is 12.4 Å². The van der Waals surface area contributed by atoms with E-state index in [9.17, 15) is 9.59 Å². The van der Waals surface area contributed by atoms with E-state index in [1.807, 2.05) is 51.1 Å².